The van der Waals surface area contributed by atoms with Crippen LogP contribution in [0.5, 0.6) is 5.75 Å². The van der Waals surface area contributed by atoms with Gasteiger partial charge in [-0.15, -0.1) is 0 Å². The Bertz CT molecular complexity index is 718. The molecule has 0 unspecified atom stereocenters. The molecule has 1 aromatic carbocycles. The molecule has 3 rings (SSSR count). The third-order valence-electron chi connectivity index (χ3n) is 2.79. The maximum atomic E-state index is 5.67. The molecule has 6 heteroatoms. The summed E-state index contributed by atoms with van der Waals surface area (Å²) in [6, 6.07) is 8.95. The maximum Gasteiger partial charge on any atom is 0.264 e. The van der Waals surface area contributed by atoms with Gasteiger partial charge in [0.1, 0.15) is 11.5 Å². The number of anilines is 1. The Labute approximate surface area is 115 Å². The second kappa shape index (κ2) is 5.08. The Hall–Kier alpha value is -2.76. The first-order chi connectivity index (χ1) is 9.72. The van der Waals surface area contributed by atoms with Crippen LogP contribution in [0.15, 0.2) is 45.5 Å². The monoisotopic (exact) mass is 271 g/mol. The Balaban J connectivity index is 1.70. The number of aromatic nitrogens is 2. The lowest BCUT2D eigenvalue weighted by atomic mass is 10.2. The van der Waals surface area contributed by atoms with Gasteiger partial charge >= 0.3 is 0 Å². The lowest BCUT2D eigenvalue weighted by Gasteiger charge is -2.03. The predicted molar refractivity (Wildman–Crippen MR) is 71.9 cm³/mol. The van der Waals surface area contributed by atoms with E-state index >= 15 is 0 Å². The largest absolute Gasteiger partial charge is 0.484 e. The second-order valence-corrected chi connectivity index (χ2v) is 4.26. The minimum atomic E-state index is 0.188. The van der Waals surface area contributed by atoms with Gasteiger partial charge in [0.25, 0.3) is 5.89 Å². The zero-order valence-electron chi connectivity index (χ0n) is 10.9. The molecular formula is C14H13N3O3. The number of nitrogens with two attached hydrogens (primary N) is 1. The molecule has 102 valence electrons. The minimum absolute atomic E-state index is 0.188. The highest BCUT2D eigenvalue weighted by Gasteiger charge is 2.13. The SMILES string of the molecule is Cc1occc1-c1noc(COc2cccc(N)c2)n1. The van der Waals surface area contributed by atoms with Gasteiger partial charge in [-0.25, -0.2) is 0 Å². The van der Waals surface area contributed by atoms with Crippen LogP contribution < -0.4 is 10.5 Å². The molecule has 0 aliphatic heterocycles. The van der Waals surface area contributed by atoms with Crippen molar-refractivity contribution in [1.29, 1.82) is 0 Å². The quantitative estimate of drug-likeness (QED) is 0.734. The van der Waals surface area contributed by atoms with Gasteiger partial charge in [-0.2, -0.15) is 4.98 Å². The molecule has 0 aliphatic rings. The van der Waals surface area contributed by atoms with Crippen molar-refractivity contribution in [2.24, 2.45) is 0 Å². The first kappa shape index (κ1) is 12.3. The van der Waals surface area contributed by atoms with Crippen LogP contribution in [-0.4, -0.2) is 10.1 Å². The fourth-order valence-corrected chi connectivity index (χ4v) is 1.79. The molecule has 0 atom stereocenters. The summed E-state index contributed by atoms with van der Waals surface area (Å²) >= 11 is 0. The van der Waals surface area contributed by atoms with Crippen LogP contribution in [-0.2, 0) is 6.61 Å². The molecule has 0 spiro atoms. The summed E-state index contributed by atoms with van der Waals surface area (Å²) in [6.45, 7) is 2.03. The van der Waals surface area contributed by atoms with Gasteiger partial charge in [0.15, 0.2) is 6.61 Å². The molecule has 0 saturated heterocycles. The van der Waals surface area contributed by atoms with Crippen molar-refractivity contribution in [3.8, 4) is 17.1 Å². The molecular weight excluding hydrogens is 258 g/mol. The molecule has 2 heterocycles. The van der Waals surface area contributed by atoms with Crippen LogP contribution >= 0.6 is 0 Å². The van der Waals surface area contributed by atoms with Crippen molar-refractivity contribution in [2.45, 2.75) is 13.5 Å². The Kier molecular flexibility index (Phi) is 3.12. The molecule has 20 heavy (non-hydrogen) atoms. The molecule has 2 aromatic heterocycles. The fourth-order valence-electron chi connectivity index (χ4n) is 1.79. The molecule has 3 aromatic rings. The number of hydrogen-bond acceptors (Lipinski definition) is 6. The van der Waals surface area contributed by atoms with Crippen molar-refractivity contribution in [3.05, 3.63) is 48.2 Å². The lowest BCUT2D eigenvalue weighted by Crippen LogP contribution is -1.96. The molecule has 0 amide bonds. The van der Waals surface area contributed by atoms with Crippen LogP contribution in [0.1, 0.15) is 11.7 Å². The second-order valence-electron chi connectivity index (χ2n) is 4.26. The third-order valence-corrected chi connectivity index (χ3v) is 2.79. The van der Waals surface area contributed by atoms with Crippen LogP contribution in [0.2, 0.25) is 0 Å². The number of hydrogen-bond donors (Lipinski definition) is 1. The molecule has 2 N–H and O–H groups in total. The van der Waals surface area contributed by atoms with E-state index in [0.717, 1.165) is 11.3 Å². The maximum absolute atomic E-state index is 5.67. The molecule has 6 nitrogen and oxygen atoms in total. The number of furan rings is 1. The average Bonchev–Trinajstić information content (AvgIpc) is 3.05. The van der Waals surface area contributed by atoms with Crippen LogP contribution in [0.25, 0.3) is 11.4 Å². The van der Waals surface area contributed by atoms with E-state index < -0.39 is 0 Å². The summed E-state index contributed by atoms with van der Waals surface area (Å²) in [5.41, 5.74) is 7.12. The Morgan fingerprint density at radius 1 is 1.30 bits per heavy atom. The highest BCUT2D eigenvalue weighted by atomic mass is 16.5. The van der Waals surface area contributed by atoms with E-state index in [2.05, 4.69) is 10.1 Å². The lowest BCUT2D eigenvalue weighted by molar-refractivity contribution is 0.243. The normalized spacial score (nSPS) is 10.7. The van der Waals surface area contributed by atoms with E-state index in [1.54, 1.807) is 24.5 Å². The average molecular weight is 271 g/mol. The minimum Gasteiger partial charge on any atom is -0.484 e. The number of nitrogens with zero attached hydrogens (tertiary/aromatic N) is 2. The number of rotatable bonds is 4. The van der Waals surface area contributed by atoms with Crippen molar-refractivity contribution >= 4 is 5.69 Å². The van der Waals surface area contributed by atoms with Gasteiger partial charge in [-0.3, -0.25) is 0 Å². The number of nitrogen functional groups attached to an aromatic ring is 1. The number of ether oxygens (including phenoxy) is 1. The summed E-state index contributed by atoms with van der Waals surface area (Å²) in [7, 11) is 0. The first-order valence-corrected chi connectivity index (χ1v) is 6.08. The van der Waals surface area contributed by atoms with Crippen LogP contribution in [0, 0.1) is 6.92 Å². The highest BCUT2D eigenvalue weighted by Crippen LogP contribution is 2.22. The summed E-state index contributed by atoms with van der Waals surface area (Å²) in [4.78, 5) is 4.26. The van der Waals surface area contributed by atoms with E-state index in [0.29, 0.717) is 23.2 Å². The van der Waals surface area contributed by atoms with Gasteiger partial charge in [0, 0.05) is 11.8 Å². The van der Waals surface area contributed by atoms with Crippen molar-refractivity contribution in [3.63, 3.8) is 0 Å². The summed E-state index contributed by atoms with van der Waals surface area (Å²) in [5.74, 6) is 2.28. The zero-order chi connectivity index (χ0) is 13.9. The molecule has 0 saturated carbocycles. The van der Waals surface area contributed by atoms with Gasteiger partial charge in [-0.1, -0.05) is 11.2 Å². The van der Waals surface area contributed by atoms with E-state index in [1.807, 2.05) is 19.1 Å². The third kappa shape index (κ3) is 2.49. The predicted octanol–water partition coefficient (Wildman–Crippen LogP) is 2.80. The first-order valence-electron chi connectivity index (χ1n) is 6.08. The summed E-state index contributed by atoms with van der Waals surface area (Å²) in [5, 5.41) is 3.90. The van der Waals surface area contributed by atoms with Crippen LogP contribution in [0.3, 0.4) is 0 Å². The van der Waals surface area contributed by atoms with Crippen molar-refractivity contribution < 1.29 is 13.7 Å². The van der Waals surface area contributed by atoms with E-state index in [9.17, 15) is 0 Å². The summed E-state index contributed by atoms with van der Waals surface area (Å²) < 4.78 is 15.9. The number of benzene rings is 1. The Morgan fingerprint density at radius 3 is 2.95 bits per heavy atom. The van der Waals surface area contributed by atoms with Crippen LogP contribution in [0.4, 0.5) is 5.69 Å². The molecule has 0 fully saturated rings. The standard InChI is InChI=1S/C14H13N3O3/c1-9-12(5-6-18-9)14-16-13(20-17-14)8-19-11-4-2-3-10(15)7-11/h2-7H,8,15H2,1H3. The van der Waals surface area contributed by atoms with Gasteiger partial charge < -0.3 is 19.4 Å². The van der Waals surface area contributed by atoms with E-state index in [-0.39, 0.29) is 6.61 Å². The zero-order valence-corrected chi connectivity index (χ0v) is 10.9. The highest BCUT2D eigenvalue weighted by molar-refractivity contribution is 5.56. The topological polar surface area (TPSA) is 87.3 Å². The number of aryl methyl sites for hydroxylation is 1. The smallest absolute Gasteiger partial charge is 0.264 e. The molecule has 0 radical (unpaired) electrons. The van der Waals surface area contributed by atoms with E-state index in [4.69, 9.17) is 19.4 Å². The summed E-state index contributed by atoms with van der Waals surface area (Å²) in [6.07, 6.45) is 1.59. The van der Waals surface area contributed by atoms with E-state index in [1.165, 1.54) is 0 Å². The molecule has 0 bridgehead atoms. The van der Waals surface area contributed by atoms with Gasteiger partial charge in [-0.05, 0) is 25.1 Å². The van der Waals surface area contributed by atoms with Crippen molar-refractivity contribution in [2.75, 3.05) is 5.73 Å². The van der Waals surface area contributed by atoms with Crippen molar-refractivity contribution in [1.82, 2.24) is 10.1 Å². The Morgan fingerprint density at radius 2 is 2.20 bits per heavy atom. The molecule has 0 aliphatic carbocycles. The fraction of sp³-hybridized carbons (Fsp3) is 0.143. The van der Waals surface area contributed by atoms with Gasteiger partial charge in [0.05, 0.1) is 11.8 Å². The van der Waals surface area contributed by atoms with Gasteiger partial charge in [0.2, 0.25) is 5.82 Å².